The molecule has 1 saturated carbocycles. The molecule has 0 spiro atoms. The molecule has 1 aliphatic rings. The van der Waals surface area contributed by atoms with Crippen molar-refractivity contribution in [3.8, 4) is 0 Å². The average molecular weight is 376 g/mol. The summed E-state index contributed by atoms with van der Waals surface area (Å²) < 4.78 is 33.0. The molecule has 3 rings (SSSR count). The first-order valence-corrected chi connectivity index (χ1v) is 10.1. The molecule has 1 aliphatic carbocycles. The first-order chi connectivity index (χ1) is 12.2. The largest absolute Gasteiger partial charge is 0.464 e. The predicted molar refractivity (Wildman–Crippen MR) is 99.4 cm³/mol. The van der Waals surface area contributed by atoms with E-state index in [1.54, 1.807) is 19.1 Å². The minimum Gasteiger partial charge on any atom is -0.464 e. The molecular weight excluding hydrogens is 352 g/mol. The van der Waals surface area contributed by atoms with Crippen LogP contribution in [0, 0.1) is 12.8 Å². The lowest BCUT2D eigenvalue weighted by Crippen LogP contribution is -2.27. The SMILES string of the molecule is CC(=O)Nc1ccc(C)c(S(=O)(=O)N(C)Cc2ccc(C3CC3C)o2)c1. The fraction of sp³-hybridized carbons (Fsp3) is 0.421. The third-order valence-electron chi connectivity index (χ3n) is 4.73. The Morgan fingerprint density at radius 3 is 2.62 bits per heavy atom. The smallest absolute Gasteiger partial charge is 0.243 e. The van der Waals surface area contributed by atoms with Crippen LogP contribution in [-0.2, 0) is 21.4 Å². The molecule has 2 aromatic rings. The standard InChI is InChI=1S/C19H24N2O4S/c1-12-5-6-15(20-14(3)22)10-19(12)26(23,24)21(4)11-16-7-8-18(25-16)17-9-13(17)2/h5-8,10,13,17H,9,11H2,1-4H3,(H,20,22). The fourth-order valence-corrected chi connectivity index (χ4v) is 4.41. The van der Waals surface area contributed by atoms with Crippen molar-refractivity contribution in [2.45, 2.75) is 44.6 Å². The zero-order valence-electron chi connectivity index (χ0n) is 15.4. The number of amides is 1. The molecule has 140 valence electrons. The highest BCUT2D eigenvalue weighted by Gasteiger charge is 2.36. The topological polar surface area (TPSA) is 79.6 Å². The number of carbonyl (C=O) groups excluding carboxylic acids is 1. The van der Waals surface area contributed by atoms with Crippen molar-refractivity contribution in [3.05, 3.63) is 47.4 Å². The van der Waals surface area contributed by atoms with Crippen molar-refractivity contribution >= 4 is 21.6 Å². The number of aryl methyl sites for hydroxylation is 1. The molecule has 1 N–H and O–H groups in total. The summed E-state index contributed by atoms with van der Waals surface area (Å²) in [5, 5.41) is 2.62. The highest BCUT2D eigenvalue weighted by Crippen LogP contribution is 2.47. The van der Waals surface area contributed by atoms with Crippen molar-refractivity contribution in [2.24, 2.45) is 5.92 Å². The van der Waals surface area contributed by atoms with Crippen LogP contribution in [0.1, 0.15) is 43.3 Å². The van der Waals surface area contributed by atoms with Gasteiger partial charge in [-0.1, -0.05) is 13.0 Å². The normalized spacial score (nSPS) is 19.6. The molecule has 1 aromatic heterocycles. The van der Waals surface area contributed by atoms with Crippen molar-refractivity contribution in [1.82, 2.24) is 4.31 Å². The first kappa shape index (κ1) is 18.7. The molecule has 26 heavy (non-hydrogen) atoms. The fourth-order valence-electron chi connectivity index (χ4n) is 3.03. The van der Waals surface area contributed by atoms with Gasteiger partial charge in [0, 0.05) is 25.6 Å². The Morgan fingerprint density at radius 2 is 2.00 bits per heavy atom. The maximum atomic E-state index is 13.0. The molecule has 7 heteroatoms. The van der Waals surface area contributed by atoms with Gasteiger partial charge in [-0.25, -0.2) is 8.42 Å². The van der Waals surface area contributed by atoms with Crippen LogP contribution in [-0.4, -0.2) is 25.7 Å². The van der Waals surface area contributed by atoms with Crippen LogP contribution in [0.2, 0.25) is 0 Å². The summed E-state index contributed by atoms with van der Waals surface area (Å²) in [6.07, 6.45) is 1.12. The number of sulfonamides is 1. The number of hydrogen-bond acceptors (Lipinski definition) is 4. The van der Waals surface area contributed by atoms with Crippen molar-refractivity contribution in [3.63, 3.8) is 0 Å². The molecule has 1 heterocycles. The Balaban J connectivity index is 1.80. The molecule has 2 unspecified atom stereocenters. The average Bonchev–Trinajstić information content (AvgIpc) is 3.10. The summed E-state index contributed by atoms with van der Waals surface area (Å²) in [5.74, 6) is 2.41. The zero-order valence-corrected chi connectivity index (χ0v) is 16.3. The van der Waals surface area contributed by atoms with Gasteiger partial charge in [-0.15, -0.1) is 0 Å². The summed E-state index contributed by atoms with van der Waals surface area (Å²) in [7, 11) is -2.18. The molecular formula is C19H24N2O4S. The minimum absolute atomic E-state index is 0.160. The van der Waals surface area contributed by atoms with E-state index in [1.165, 1.54) is 24.3 Å². The van der Waals surface area contributed by atoms with Crippen molar-refractivity contribution in [1.29, 1.82) is 0 Å². The maximum Gasteiger partial charge on any atom is 0.243 e. The van der Waals surface area contributed by atoms with Crippen LogP contribution < -0.4 is 5.32 Å². The maximum absolute atomic E-state index is 13.0. The molecule has 1 aromatic carbocycles. The lowest BCUT2D eigenvalue weighted by atomic mass is 10.2. The number of hydrogen-bond donors (Lipinski definition) is 1. The number of nitrogens with one attached hydrogen (secondary N) is 1. The second kappa shape index (κ2) is 6.89. The van der Waals surface area contributed by atoms with Crippen molar-refractivity contribution < 1.29 is 17.6 Å². The molecule has 1 fully saturated rings. The number of anilines is 1. The van der Waals surface area contributed by atoms with Gasteiger partial charge in [0.2, 0.25) is 15.9 Å². The zero-order chi connectivity index (χ0) is 19.1. The van der Waals surface area contributed by atoms with E-state index in [4.69, 9.17) is 4.42 Å². The Hall–Kier alpha value is -2.12. The second-order valence-electron chi connectivity index (χ2n) is 7.05. The van der Waals surface area contributed by atoms with Gasteiger partial charge in [0.15, 0.2) is 0 Å². The van der Waals surface area contributed by atoms with E-state index in [0.717, 1.165) is 12.2 Å². The van der Waals surface area contributed by atoms with Gasteiger partial charge >= 0.3 is 0 Å². The monoisotopic (exact) mass is 376 g/mol. The van der Waals surface area contributed by atoms with E-state index >= 15 is 0 Å². The van der Waals surface area contributed by atoms with Crippen LogP contribution >= 0.6 is 0 Å². The summed E-state index contributed by atoms with van der Waals surface area (Å²) in [6, 6.07) is 8.64. The van der Waals surface area contributed by atoms with Crippen LogP contribution in [0.4, 0.5) is 5.69 Å². The third kappa shape index (κ3) is 3.83. The predicted octanol–water partition coefficient (Wildman–Crippen LogP) is 3.49. The Morgan fingerprint density at radius 1 is 1.31 bits per heavy atom. The Bertz CT molecular complexity index is 933. The summed E-state index contributed by atoms with van der Waals surface area (Å²) in [5.41, 5.74) is 1.08. The number of carbonyl (C=O) groups is 1. The van der Waals surface area contributed by atoms with Crippen LogP contribution in [0.25, 0.3) is 0 Å². The lowest BCUT2D eigenvalue weighted by Gasteiger charge is -2.18. The van der Waals surface area contributed by atoms with E-state index in [2.05, 4.69) is 12.2 Å². The van der Waals surface area contributed by atoms with Gasteiger partial charge in [-0.3, -0.25) is 4.79 Å². The molecule has 0 saturated heterocycles. The minimum atomic E-state index is -3.71. The Labute approximate surface area is 154 Å². The van der Waals surface area contributed by atoms with Gasteiger partial charge in [0.25, 0.3) is 0 Å². The number of furan rings is 1. The van der Waals surface area contributed by atoms with Gasteiger partial charge < -0.3 is 9.73 Å². The van der Waals surface area contributed by atoms with Crippen LogP contribution in [0.5, 0.6) is 0 Å². The van der Waals surface area contributed by atoms with E-state index in [-0.39, 0.29) is 17.3 Å². The molecule has 1 amide bonds. The number of rotatable bonds is 6. The van der Waals surface area contributed by atoms with Gasteiger partial charge in [0.05, 0.1) is 11.4 Å². The van der Waals surface area contributed by atoms with E-state index in [9.17, 15) is 13.2 Å². The molecule has 6 nitrogen and oxygen atoms in total. The third-order valence-corrected chi connectivity index (χ3v) is 6.68. The van der Waals surface area contributed by atoms with Crippen molar-refractivity contribution in [2.75, 3.05) is 12.4 Å². The highest BCUT2D eigenvalue weighted by atomic mass is 32.2. The summed E-state index contributed by atoms with van der Waals surface area (Å²) in [6.45, 7) is 5.45. The highest BCUT2D eigenvalue weighted by molar-refractivity contribution is 7.89. The summed E-state index contributed by atoms with van der Waals surface area (Å²) >= 11 is 0. The van der Waals surface area contributed by atoms with E-state index < -0.39 is 10.0 Å². The lowest BCUT2D eigenvalue weighted by molar-refractivity contribution is -0.114. The van der Waals surface area contributed by atoms with E-state index in [0.29, 0.717) is 28.8 Å². The molecule has 2 atom stereocenters. The second-order valence-corrected chi connectivity index (χ2v) is 9.06. The van der Waals surface area contributed by atoms with Crippen LogP contribution in [0.15, 0.2) is 39.6 Å². The number of nitrogens with zero attached hydrogens (tertiary/aromatic N) is 1. The van der Waals surface area contributed by atoms with Gasteiger partial charge in [-0.05, 0) is 49.1 Å². The quantitative estimate of drug-likeness (QED) is 0.837. The molecule has 0 bridgehead atoms. The Kier molecular flexibility index (Phi) is 4.94. The summed E-state index contributed by atoms with van der Waals surface area (Å²) in [4.78, 5) is 11.4. The first-order valence-electron chi connectivity index (χ1n) is 8.61. The van der Waals surface area contributed by atoms with Gasteiger partial charge in [-0.2, -0.15) is 4.31 Å². The van der Waals surface area contributed by atoms with Gasteiger partial charge in [0.1, 0.15) is 11.5 Å². The molecule has 0 radical (unpaired) electrons. The van der Waals surface area contributed by atoms with E-state index in [1.807, 2.05) is 12.1 Å². The molecule has 0 aliphatic heterocycles. The van der Waals surface area contributed by atoms with Crippen LogP contribution in [0.3, 0.4) is 0 Å². The number of benzene rings is 1.